The van der Waals surface area contributed by atoms with Gasteiger partial charge in [-0.15, -0.1) is 0 Å². The summed E-state index contributed by atoms with van der Waals surface area (Å²) in [5.74, 6) is 0. The molecule has 0 amide bonds. The zero-order chi connectivity index (χ0) is 12.1. The molecule has 16 heavy (non-hydrogen) atoms. The summed E-state index contributed by atoms with van der Waals surface area (Å²) in [7, 11) is 1.90. The topological polar surface area (TPSA) is 49.0 Å². The molecule has 0 aliphatic carbocycles. The lowest BCUT2D eigenvalue weighted by Gasteiger charge is -2.16. The average molecular weight is 235 g/mol. The van der Waals surface area contributed by atoms with Gasteiger partial charge in [-0.1, -0.05) is 0 Å². The van der Waals surface area contributed by atoms with Crippen LogP contribution in [-0.2, 0) is 18.9 Å². The van der Waals surface area contributed by atoms with E-state index in [0.29, 0.717) is 39.6 Å². The molecule has 0 heterocycles. The summed E-state index contributed by atoms with van der Waals surface area (Å²) in [6.07, 6.45) is -0.257. The fourth-order valence-corrected chi connectivity index (χ4v) is 1.09. The molecule has 0 bridgehead atoms. The summed E-state index contributed by atoms with van der Waals surface area (Å²) in [5, 5.41) is 3.00. The zero-order valence-electron chi connectivity index (χ0n) is 10.7. The molecular weight excluding hydrogens is 210 g/mol. The maximum Gasteiger partial charge on any atom is 0.180 e. The highest BCUT2D eigenvalue weighted by Gasteiger charge is 2.07. The molecule has 0 aliphatic rings. The van der Waals surface area contributed by atoms with Crippen molar-refractivity contribution >= 4 is 0 Å². The zero-order valence-corrected chi connectivity index (χ0v) is 10.7. The Morgan fingerprint density at radius 1 is 0.938 bits per heavy atom. The second-order valence-corrected chi connectivity index (χ2v) is 3.13. The second-order valence-electron chi connectivity index (χ2n) is 3.13. The van der Waals surface area contributed by atoms with Crippen LogP contribution in [0.3, 0.4) is 0 Å². The third-order valence-corrected chi connectivity index (χ3v) is 1.83. The van der Waals surface area contributed by atoms with E-state index in [1.807, 2.05) is 20.9 Å². The maximum absolute atomic E-state index is 5.39. The smallest absolute Gasteiger partial charge is 0.180 e. The van der Waals surface area contributed by atoms with Gasteiger partial charge in [0, 0.05) is 19.8 Å². The van der Waals surface area contributed by atoms with E-state index in [4.69, 9.17) is 18.9 Å². The molecule has 0 atom stereocenters. The molecule has 98 valence electrons. The molecule has 0 unspecified atom stereocenters. The fourth-order valence-electron chi connectivity index (χ4n) is 1.09. The van der Waals surface area contributed by atoms with Crippen LogP contribution < -0.4 is 5.32 Å². The molecular formula is C11H25NO4. The van der Waals surface area contributed by atoms with Crippen molar-refractivity contribution < 1.29 is 18.9 Å². The summed E-state index contributed by atoms with van der Waals surface area (Å²) >= 11 is 0. The van der Waals surface area contributed by atoms with Crippen molar-refractivity contribution in [3.05, 3.63) is 0 Å². The van der Waals surface area contributed by atoms with Crippen LogP contribution in [0.1, 0.15) is 13.8 Å². The van der Waals surface area contributed by atoms with Gasteiger partial charge in [0.1, 0.15) is 0 Å². The third-order valence-electron chi connectivity index (χ3n) is 1.83. The maximum atomic E-state index is 5.39. The van der Waals surface area contributed by atoms with E-state index in [2.05, 4.69) is 5.32 Å². The number of ether oxygens (including phenoxy) is 4. The summed E-state index contributed by atoms with van der Waals surface area (Å²) in [4.78, 5) is 0. The van der Waals surface area contributed by atoms with Gasteiger partial charge in [0.25, 0.3) is 0 Å². The number of rotatable bonds is 12. The molecule has 0 saturated heterocycles. The Kier molecular flexibility index (Phi) is 12.7. The summed E-state index contributed by atoms with van der Waals surface area (Å²) in [6.45, 7) is 8.34. The van der Waals surface area contributed by atoms with Crippen molar-refractivity contribution in [1.29, 1.82) is 0 Å². The molecule has 5 heteroatoms. The van der Waals surface area contributed by atoms with Gasteiger partial charge in [0.05, 0.1) is 26.4 Å². The van der Waals surface area contributed by atoms with Gasteiger partial charge in [-0.2, -0.15) is 0 Å². The predicted molar refractivity (Wildman–Crippen MR) is 62.6 cm³/mol. The quantitative estimate of drug-likeness (QED) is 0.397. The van der Waals surface area contributed by atoms with E-state index in [1.165, 1.54) is 0 Å². The van der Waals surface area contributed by atoms with Crippen molar-refractivity contribution in [2.75, 3.05) is 53.2 Å². The number of hydrogen-bond donors (Lipinski definition) is 1. The van der Waals surface area contributed by atoms with Gasteiger partial charge in [-0.05, 0) is 20.9 Å². The third kappa shape index (κ3) is 10.3. The van der Waals surface area contributed by atoms with Crippen LogP contribution in [0.25, 0.3) is 0 Å². The van der Waals surface area contributed by atoms with E-state index in [-0.39, 0.29) is 6.29 Å². The van der Waals surface area contributed by atoms with Crippen molar-refractivity contribution in [1.82, 2.24) is 5.32 Å². The summed E-state index contributed by atoms with van der Waals surface area (Å²) in [5.41, 5.74) is 0. The standard InChI is InChI=1S/C11H25NO4/c1-4-15-11(16-5-2)10-14-9-8-13-7-6-12-3/h11-12H,4-10H2,1-3H3. The molecule has 0 rings (SSSR count). The predicted octanol–water partition coefficient (Wildman–Crippen LogP) is 0.638. The first-order valence-electron chi connectivity index (χ1n) is 5.88. The molecule has 5 nitrogen and oxygen atoms in total. The Morgan fingerprint density at radius 2 is 1.56 bits per heavy atom. The van der Waals surface area contributed by atoms with Crippen LogP contribution in [-0.4, -0.2) is 59.5 Å². The van der Waals surface area contributed by atoms with Crippen LogP contribution in [0.15, 0.2) is 0 Å². The first kappa shape index (κ1) is 15.8. The van der Waals surface area contributed by atoms with Gasteiger partial charge < -0.3 is 24.3 Å². The number of nitrogens with one attached hydrogen (secondary N) is 1. The van der Waals surface area contributed by atoms with Crippen molar-refractivity contribution in [3.63, 3.8) is 0 Å². The SMILES string of the molecule is CCOC(COCCOCCNC)OCC. The minimum Gasteiger partial charge on any atom is -0.378 e. The largest absolute Gasteiger partial charge is 0.378 e. The Hall–Kier alpha value is -0.200. The van der Waals surface area contributed by atoms with Crippen LogP contribution in [0, 0.1) is 0 Å². The van der Waals surface area contributed by atoms with Crippen LogP contribution in [0.2, 0.25) is 0 Å². The van der Waals surface area contributed by atoms with E-state index in [0.717, 1.165) is 6.54 Å². The lowest BCUT2D eigenvalue weighted by atomic mass is 10.6. The first-order valence-corrected chi connectivity index (χ1v) is 5.88. The molecule has 0 aliphatic heterocycles. The van der Waals surface area contributed by atoms with E-state index >= 15 is 0 Å². The highest BCUT2D eigenvalue weighted by molar-refractivity contribution is 4.42. The number of hydrogen-bond acceptors (Lipinski definition) is 5. The van der Waals surface area contributed by atoms with Crippen molar-refractivity contribution in [3.8, 4) is 0 Å². The first-order chi connectivity index (χ1) is 7.85. The normalized spacial score (nSPS) is 11.2. The Morgan fingerprint density at radius 3 is 2.12 bits per heavy atom. The Balaban J connectivity index is 3.25. The van der Waals surface area contributed by atoms with E-state index < -0.39 is 0 Å². The fraction of sp³-hybridized carbons (Fsp3) is 1.00. The van der Waals surface area contributed by atoms with Gasteiger partial charge >= 0.3 is 0 Å². The highest BCUT2D eigenvalue weighted by Crippen LogP contribution is 1.96. The monoisotopic (exact) mass is 235 g/mol. The summed E-state index contributed by atoms with van der Waals surface area (Å²) < 4.78 is 21.4. The Labute approximate surface area is 98.4 Å². The van der Waals surface area contributed by atoms with Crippen LogP contribution in [0.5, 0.6) is 0 Å². The van der Waals surface area contributed by atoms with Crippen LogP contribution in [0.4, 0.5) is 0 Å². The molecule has 0 radical (unpaired) electrons. The van der Waals surface area contributed by atoms with Gasteiger partial charge in [-0.3, -0.25) is 0 Å². The molecule has 0 fully saturated rings. The lowest BCUT2D eigenvalue weighted by Crippen LogP contribution is -2.24. The highest BCUT2D eigenvalue weighted by atomic mass is 16.7. The lowest BCUT2D eigenvalue weighted by molar-refractivity contribution is -0.169. The minimum atomic E-state index is -0.257. The summed E-state index contributed by atoms with van der Waals surface area (Å²) in [6, 6.07) is 0. The Bertz CT molecular complexity index is 129. The minimum absolute atomic E-state index is 0.257. The van der Waals surface area contributed by atoms with E-state index in [9.17, 15) is 0 Å². The second kappa shape index (κ2) is 12.9. The number of likely N-dealkylation sites (N-methyl/N-ethyl adjacent to an activating group) is 1. The van der Waals surface area contributed by atoms with E-state index in [1.54, 1.807) is 0 Å². The van der Waals surface area contributed by atoms with Crippen molar-refractivity contribution in [2.45, 2.75) is 20.1 Å². The molecule has 0 aromatic rings. The average Bonchev–Trinajstić information content (AvgIpc) is 2.28. The van der Waals surface area contributed by atoms with Crippen molar-refractivity contribution in [2.24, 2.45) is 0 Å². The molecule has 0 aromatic carbocycles. The van der Waals surface area contributed by atoms with Gasteiger partial charge in [0.15, 0.2) is 6.29 Å². The molecule has 1 N–H and O–H groups in total. The molecule has 0 aromatic heterocycles. The molecule has 0 saturated carbocycles. The van der Waals surface area contributed by atoms with Crippen LogP contribution >= 0.6 is 0 Å². The molecule has 0 spiro atoms. The van der Waals surface area contributed by atoms with Gasteiger partial charge in [-0.25, -0.2) is 0 Å². The van der Waals surface area contributed by atoms with Gasteiger partial charge in [0.2, 0.25) is 0 Å².